The predicted octanol–water partition coefficient (Wildman–Crippen LogP) is 31.1. The van der Waals surface area contributed by atoms with Crippen molar-refractivity contribution in [1.82, 2.24) is 0 Å². The van der Waals surface area contributed by atoms with Crippen molar-refractivity contribution in [3.8, 4) is 111 Å². The second kappa shape index (κ2) is 24.8. The lowest BCUT2D eigenvalue weighted by atomic mass is 9.69. The Morgan fingerprint density at radius 1 is 0.197 bits per heavy atom. The van der Waals surface area contributed by atoms with Crippen LogP contribution in [-0.4, -0.2) is 0 Å². The van der Waals surface area contributed by atoms with Crippen LogP contribution in [0.2, 0.25) is 0 Å². The molecule has 26 rings (SSSR count). The van der Waals surface area contributed by atoms with Crippen molar-refractivity contribution >= 4 is 56.1 Å². The second-order valence-corrected chi connectivity index (χ2v) is 36.3. The predicted molar refractivity (Wildman–Crippen MR) is 505 cm³/mol. The molecule has 0 amide bonds. The van der Waals surface area contributed by atoms with Gasteiger partial charge in [-0.25, -0.2) is 0 Å². The molecule has 7 aliphatic carbocycles. The highest BCUT2D eigenvalue weighted by atomic mass is 16.3. The molecule has 0 aliphatic heterocycles. The summed E-state index contributed by atoms with van der Waals surface area (Å²) < 4.78 is 7.18. The SMILES string of the molecule is CC1(C)c2ccccc2-c2ccc(N(c3ccc(-c4ccc(-c5ccc6c(c5)C(C)(C)c5c(N(c7ccc(-c8ccccc8)cc7)c7cccc8c7oc7ccccc78)cc7c(c5-6)-c5ccccc5C75c6ccccc6-c6ccccc65)cc4)cc3)c3cc4c(c5c3C(C)(C)c3ccccc3-5)-c3ccccc3C43c4ccccc4-c4ccccc43)cc21. The van der Waals surface area contributed by atoms with E-state index in [1.54, 1.807) is 0 Å². The molecule has 2 spiro atoms. The van der Waals surface area contributed by atoms with Crippen LogP contribution in [0.5, 0.6) is 0 Å². The molecule has 0 saturated carbocycles. The van der Waals surface area contributed by atoms with Gasteiger partial charge in [0.15, 0.2) is 5.58 Å². The van der Waals surface area contributed by atoms with Gasteiger partial charge in [-0.2, -0.15) is 0 Å². The van der Waals surface area contributed by atoms with E-state index >= 15 is 0 Å². The number of benzene rings is 18. The van der Waals surface area contributed by atoms with E-state index in [1.807, 2.05) is 0 Å². The fourth-order valence-electron chi connectivity index (χ4n) is 24.3. The Balaban J connectivity index is 0.638. The third-order valence-electron chi connectivity index (χ3n) is 29.4. The molecule has 3 heteroatoms. The number of anilines is 6. The van der Waals surface area contributed by atoms with E-state index in [0.717, 1.165) is 67.1 Å². The monoisotopic (exact) mass is 1550 g/mol. The maximum Gasteiger partial charge on any atom is 0.159 e. The number of furan rings is 1. The number of para-hydroxylation sites is 2. The van der Waals surface area contributed by atoms with Gasteiger partial charge in [0.25, 0.3) is 0 Å². The molecule has 0 saturated heterocycles. The van der Waals surface area contributed by atoms with Crippen LogP contribution in [0.1, 0.15) is 119 Å². The molecule has 0 unspecified atom stereocenters. The van der Waals surface area contributed by atoms with E-state index in [2.05, 4.69) is 440 Å². The standard InChI is InChI=1S/C119H82N2O/c1-115(2)92-41-19-10-31-80(92)85-66-64-79(68-101(85)115)120(105-69-102-108(110-88-37-15-20-42-93(88)116(3,4)112(105)110)89-38-16-25-47-98(89)118(102)94-43-21-11-32-81(94)82-33-12-22-44-95(82)118)77-60-55-74(56-61-77)72-51-53-75(54-52-72)76-59-65-91-100(67-76)117(5,6)113-106(70-103-109(111(91)113)90-39-17-26-48-99(90)119(103)96-45-23-13-34-83(96)84-35-14-24-46-97(84)119)121(78-62-57-73(58-63-78)71-29-8-7-9-30-71)104-49-28-40-87-86-36-18-27-50-107(86)122-114(87)104/h7-70H,1-6H3. The molecule has 3 nitrogen and oxygen atoms in total. The van der Waals surface area contributed by atoms with Crippen LogP contribution in [0.3, 0.4) is 0 Å². The molecule has 0 bridgehead atoms. The number of hydrogen-bond donors (Lipinski definition) is 0. The largest absolute Gasteiger partial charge is 0.454 e. The Hall–Kier alpha value is -14.6. The summed E-state index contributed by atoms with van der Waals surface area (Å²) in [5.41, 5.74) is 49.8. The van der Waals surface area contributed by atoms with Crippen LogP contribution in [0, 0.1) is 0 Å². The molecule has 1 heterocycles. The van der Waals surface area contributed by atoms with Gasteiger partial charge >= 0.3 is 0 Å². The van der Waals surface area contributed by atoms with Crippen LogP contribution in [0.15, 0.2) is 393 Å². The third kappa shape index (κ3) is 8.94. The van der Waals surface area contributed by atoms with Gasteiger partial charge in [0.1, 0.15) is 5.58 Å². The van der Waals surface area contributed by atoms with Crippen molar-refractivity contribution in [2.24, 2.45) is 0 Å². The summed E-state index contributed by atoms with van der Waals surface area (Å²) in [6.45, 7) is 14.7. The van der Waals surface area contributed by atoms with Gasteiger partial charge in [0.05, 0.1) is 27.9 Å². The summed E-state index contributed by atoms with van der Waals surface area (Å²) in [6.07, 6.45) is 0. The van der Waals surface area contributed by atoms with E-state index in [9.17, 15) is 0 Å². The van der Waals surface area contributed by atoms with E-state index < -0.39 is 16.2 Å². The molecule has 0 N–H and O–H groups in total. The van der Waals surface area contributed by atoms with E-state index in [1.165, 1.54) is 178 Å². The molecule has 0 radical (unpaired) electrons. The first kappa shape index (κ1) is 69.3. The highest BCUT2D eigenvalue weighted by Crippen LogP contribution is 2.72. The highest BCUT2D eigenvalue weighted by molar-refractivity contribution is 6.13. The summed E-state index contributed by atoms with van der Waals surface area (Å²) in [5, 5.41) is 2.18. The quantitative estimate of drug-likeness (QED) is 0.144. The first-order valence-electron chi connectivity index (χ1n) is 43.2. The van der Waals surface area contributed by atoms with Crippen LogP contribution in [-0.2, 0) is 27.1 Å². The molecule has 19 aromatic rings. The summed E-state index contributed by atoms with van der Waals surface area (Å²) in [4.78, 5) is 5.19. The lowest BCUT2D eigenvalue weighted by Crippen LogP contribution is -2.27. The average molecular weight is 1560 g/mol. The van der Waals surface area contributed by atoms with E-state index in [0.29, 0.717) is 0 Å². The summed E-state index contributed by atoms with van der Waals surface area (Å²) in [7, 11) is 0. The number of nitrogens with zero attached hydrogens (tertiary/aromatic N) is 2. The van der Waals surface area contributed by atoms with Gasteiger partial charge < -0.3 is 14.2 Å². The Labute approximate surface area is 711 Å². The third-order valence-corrected chi connectivity index (χ3v) is 29.4. The van der Waals surface area contributed by atoms with Gasteiger partial charge in [0.2, 0.25) is 0 Å². The maximum atomic E-state index is 7.18. The van der Waals surface area contributed by atoms with Crippen LogP contribution >= 0.6 is 0 Å². The molecule has 0 fully saturated rings. The Morgan fingerprint density at radius 2 is 0.525 bits per heavy atom. The minimum absolute atomic E-state index is 0.229. The lowest BCUT2D eigenvalue weighted by Gasteiger charge is -2.36. The minimum Gasteiger partial charge on any atom is -0.454 e. The fourth-order valence-corrected chi connectivity index (χ4v) is 24.3. The molecule has 0 atom stereocenters. The Morgan fingerprint density at radius 3 is 1.04 bits per heavy atom. The van der Waals surface area contributed by atoms with Crippen molar-refractivity contribution < 1.29 is 4.42 Å². The fraction of sp³-hybridized carbons (Fsp3) is 0.0924. The van der Waals surface area contributed by atoms with Gasteiger partial charge in [-0.1, -0.05) is 363 Å². The van der Waals surface area contributed by atoms with Gasteiger partial charge in [0, 0.05) is 44.1 Å². The topological polar surface area (TPSA) is 19.6 Å². The molecular formula is C119H82N2O. The van der Waals surface area contributed by atoms with Gasteiger partial charge in [-0.05, 0) is 256 Å². The molecular weight excluding hydrogens is 1470 g/mol. The lowest BCUT2D eigenvalue weighted by molar-refractivity contribution is 0.658. The van der Waals surface area contributed by atoms with E-state index in [-0.39, 0.29) is 10.8 Å². The molecule has 1 aromatic heterocycles. The summed E-state index contributed by atoms with van der Waals surface area (Å²) >= 11 is 0. The first-order chi connectivity index (χ1) is 59.8. The van der Waals surface area contributed by atoms with Crippen LogP contribution in [0.4, 0.5) is 34.1 Å². The zero-order valence-corrected chi connectivity index (χ0v) is 68.8. The first-order valence-corrected chi connectivity index (χ1v) is 43.2. The minimum atomic E-state index is -0.626. The van der Waals surface area contributed by atoms with Crippen molar-refractivity contribution in [2.75, 3.05) is 9.80 Å². The zero-order valence-electron chi connectivity index (χ0n) is 68.8. The molecule has 7 aliphatic rings. The van der Waals surface area contributed by atoms with Crippen molar-refractivity contribution in [2.45, 2.75) is 68.6 Å². The summed E-state index contributed by atoms with van der Waals surface area (Å²) in [6, 6.07) is 148. The molecule has 18 aromatic carbocycles. The maximum absolute atomic E-state index is 7.18. The second-order valence-electron chi connectivity index (χ2n) is 36.3. The van der Waals surface area contributed by atoms with Gasteiger partial charge in [-0.3, -0.25) is 0 Å². The summed E-state index contributed by atoms with van der Waals surface area (Å²) in [5.74, 6) is 0. The number of rotatable bonds is 9. The number of hydrogen-bond acceptors (Lipinski definition) is 3. The average Bonchev–Trinajstić information content (AvgIpc) is 1.49. The molecule has 122 heavy (non-hydrogen) atoms. The Bertz CT molecular complexity index is 7690. The van der Waals surface area contributed by atoms with Crippen molar-refractivity contribution in [3.05, 3.63) is 466 Å². The normalized spacial score (nSPS) is 15.1. The van der Waals surface area contributed by atoms with Crippen LogP contribution in [0.25, 0.3) is 133 Å². The highest BCUT2D eigenvalue weighted by Gasteiger charge is 2.58. The smallest absolute Gasteiger partial charge is 0.159 e. The molecule has 574 valence electrons. The number of fused-ring (bicyclic) bond motifs is 34. The Kier molecular flexibility index (Phi) is 14.1. The van der Waals surface area contributed by atoms with E-state index in [4.69, 9.17) is 4.42 Å². The van der Waals surface area contributed by atoms with Crippen molar-refractivity contribution in [3.63, 3.8) is 0 Å². The van der Waals surface area contributed by atoms with Gasteiger partial charge in [-0.15, -0.1) is 0 Å². The zero-order chi connectivity index (χ0) is 81.0. The van der Waals surface area contributed by atoms with Crippen LogP contribution < -0.4 is 9.80 Å². The van der Waals surface area contributed by atoms with Crippen molar-refractivity contribution in [1.29, 1.82) is 0 Å².